The standard InChI is InChI=1S/C13H19BrN2/c1-13(15,16-8-2-3-9-16)10-11-4-6-12(14)7-5-11/h4-7H,2-3,8-10,15H2,1H3. The van der Waals surface area contributed by atoms with Gasteiger partial charge in [-0.3, -0.25) is 4.90 Å². The van der Waals surface area contributed by atoms with Gasteiger partial charge in [-0.15, -0.1) is 0 Å². The Morgan fingerprint density at radius 2 is 1.81 bits per heavy atom. The first kappa shape index (κ1) is 12.1. The zero-order valence-corrected chi connectivity index (χ0v) is 11.3. The summed E-state index contributed by atoms with van der Waals surface area (Å²) >= 11 is 3.45. The predicted molar refractivity (Wildman–Crippen MR) is 71.2 cm³/mol. The number of hydrogen-bond acceptors (Lipinski definition) is 2. The highest BCUT2D eigenvalue weighted by atomic mass is 79.9. The van der Waals surface area contributed by atoms with Crippen LogP contribution in [0.2, 0.25) is 0 Å². The Hall–Kier alpha value is -0.380. The second kappa shape index (κ2) is 4.86. The van der Waals surface area contributed by atoms with E-state index in [2.05, 4.69) is 52.0 Å². The Kier molecular flexibility index (Phi) is 3.67. The van der Waals surface area contributed by atoms with Gasteiger partial charge in [0.15, 0.2) is 0 Å². The molecule has 1 unspecified atom stereocenters. The molecule has 1 aliphatic rings. The number of hydrogen-bond donors (Lipinski definition) is 1. The smallest absolute Gasteiger partial charge is 0.0699 e. The number of halogens is 1. The van der Waals surface area contributed by atoms with Crippen molar-refractivity contribution in [1.29, 1.82) is 0 Å². The van der Waals surface area contributed by atoms with Gasteiger partial charge in [0.05, 0.1) is 5.66 Å². The van der Waals surface area contributed by atoms with Crippen LogP contribution < -0.4 is 5.73 Å². The SMILES string of the molecule is CC(N)(Cc1ccc(Br)cc1)N1CCCC1. The number of rotatable bonds is 3. The third kappa shape index (κ3) is 2.84. The van der Waals surface area contributed by atoms with Crippen LogP contribution in [0.1, 0.15) is 25.3 Å². The molecule has 2 nitrogen and oxygen atoms in total. The second-order valence-electron chi connectivity index (χ2n) is 4.85. The van der Waals surface area contributed by atoms with Gasteiger partial charge in [0.25, 0.3) is 0 Å². The lowest BCUT2D eigenvalue weighted by Crippen LogP contribution is -2.53. The highest BCUT2D eigenvalue weighted by Gasteiger charge is 2.29. The van der Waals surface area contributed by atoms with Crippen molar-refractivity contribution >= 4 is 15.9 Å². The zero-order chi connectivity index (χ0) is 11.6. The molecule has 2 N–H and O–H groups in total. The molecular formula is C13H19BrN2. The molecule has 2 rings (SSSR count). The summed E-state index contributed by atoms with van der Waals surface area (Å²) in [7, 11) is 0. The van der Waals surface area contributed by atoms with Crippen LogP contribution in [-0.2, 0) is 6.42 Å². The van der Waals surface area contributed by atoms with E-state index in [4.69, 9.17) is 5.73 Å². The van der Waals surface area contributed by atoms with Crippen molar-refractivity contribution in [2.45, 2.75) is 31.8 Å². The van der Waals surface area contributed by atoms with Gasteiger partial charge in [-0.1, -0.05) is 28.1 Å². The summed E-state index contributed by atoms with van der Waals surface area (Å²) in [5, 5.41) is 0. The lowest BCUT2D eigenvalue weighted by Gasteiger charge is -2.35. The average molecular weight is 283 g/mol. The normalized spacial score (nSPS) is 20.9. The first-order chi connectivity index (χ1) is 7.58. The minimum atomic E-state index is -0.204. The Balaban J connectivity index is 2.04. The number of benzene rings is 1. The van der Waals surface area contributed by atoms with Crippen LogP contribution in [0.4, 0.5) is 0 Å². The fourth-order valence-electron chi connectivity index (χ4n) is 2.36. The number of likely N-dealkylation sites (tertiary alicyclic amines) is 1. The monoisotopic (exact) mass is 282 g/mol. The largest absolute Gasteiger partial charge is 0.313 e. The molecule has 0 saturated carbocycles. The molecule has 0 bridgehead atoms. The van der Waals surface area contributed by atoms with Gasteiger partial charge in [-0.2, -0.15) is 0 Å². The van der Waals surface area contributed by atoms with E-state index in [0.717, 1.165) is 24.0 Å². The predicted octanol–water partition coefficient (Wildman–Crippen LogP) is 2.76. The highest BCUT2D eigenvalue weighted by Crippen LogP contribution is 2.21. The van der Waals surface area contributed by atoms with Gasteiger partial charge in [-0.25, -0.2) is 0 Å². The van der Waals surface area contributed by atoms with Crippen LogP contribution in [0, 0.1) is 0 Å². The van der Waals surface area contributed by atoms with Gasteiger partial charge < -0.3 is 5.73 Å². The fourth-order valence-corrected chi connectivity index (χ4v) is 2.62. The molecule has 1 aromatic rings. The molecule has 1 atom stereocenters. The zero-order valence-electron chi connectivity index (χ0n) is 9.75. The van der Waals surface area contributed by atoms with Gasteiger partial charge in [0.1, 0.15) is 0 Å². The lowest BCUT2D eigenvalue weighted by atomic mass is 10.0. The summed E-state index contributed by atoms with van der Waals surface area (Å²) in [6.45, 7) is 4.42. The van der Waals surface area contributed by atoms with Crippen molar-refractivity contribution < 1.29 is 0 Å². The molecule has 1 aromatic carbocycles. The van der Waals surface area contributed by atoms with Crippen molar-refractivity contribution in [3.05, 3.63) is 34.3 Å². The number of nitrogens with zero attached hydrogens (tertiary/aromatic N) is 1. The minimum absolute atomic E-state index is 0.204. The molecule has 0 amide bonds. The molecule has 1 saturated heterocycles. The highest BCUT2D eigenvalue weighted by molar-refractivity contribution is 9.10. The van der Waals surface area contributed by atoms with Crippen molar-refractivity contribution in [1.82, 2.24) is 4.90 Å². The molecule has 0 aromatic heterocycles. The lowest BCUT2D eigenvalue weighted by molar-refractivity contribution is 0.142. The van der Waals surface area contributed by atoms with E-state index in [1.807, 2.05) is 0 Å². The third-order valence-electron chi connectivity index (χ3n) is 3.30. The molecular weight excluding hydrogens is 264 g/mol. The molecule has 0 aliphatic carbocycles. The van der Waals surface area contributed by atoms with Crippen molar-refractivity contribution in [2.24, 2.45) is 5.73 Å². The maximum absolute atomic E-state index is 6.41. The van der Waals surface area contributed by atoms with Gasteiger partial charge in [0.2, 0.25) is 0 Å². The molecule has 3 heteroatoms. The first-order valence-corrected chi connectivity index (χ1v) is 6.66. The van der Waals surface area contributed by atoms with Crippen molar-refractivity contribution in [2.75, 3.05) is 13.1 Å². The molecule has 0 spiro atoms. The molecule has 1 fully saturated rings. The molecule has 1 aliphatic heterocycles. The minimum Gasteiger partial charge on any atom is -0.313 e. The van der Waals surface area contributed by atoms with E-state index in [1.165, 1.54) is 18.4 Å². The van der Waals surface area contributed by atoms with Crippen LogP contribution in [0.3, 0.4) is 0 Å². The van der Waals surface area contributed by atoms with Gasteiger partial charge in [0, 0.05) is 10.9 Å². The van der Waals surface area contributed by atoms with Crippen molar-refractivity contribution in [3.63, 3.8) is 0 Å². The van der Waals surface area contributed by atoms with E-state index < -0.39 is 0 Å². The summed E-state index contributed by atoms with van der Waals surface area (Å²) in [6, 6.07) is 8.45. The van der Waals surface area contributed by atoms with E-state index in [1.54, 1.807) is 0 Å². The van der Waals surface area contributed by atoms with Gasteiger partial charge >= 0.3 is 0 Å². The Morgan fingerprint density at radius 1 is 1.25 bits per heavy atom. The fraction of sp³-hybridized carbons (Fsp3) is 0.538. The summed E-state index contributed by atoms with van der Waals surface area (Å²) < 4.78 is 1.12. The Bertz CT molecular complexity index is 339. The van der Waals surface area contributed by atoms with Crippen LogP contribution in [0.15, 0.2) is 28.7 Å². The van der Waals surface area contributed by atoms with E-state index >= 15 is 0 Å². The van der Waals surface area contributed by atoms with Crippen molar-refractivity contribution in [3.8, 4) is 0 Å². The van der Waals surface area contributed by atoms with Gasteiger partial charge in [-0.05, 0) is 50.6 Å². The van der Waals surface area contributed by atoms with Crippen LogP contribution >= 0.6 is 15.9 Å². The maximum atomic E-state index is 6.41. The second-order valence-corrected chi connectivity index (χ2v) is 5.77. The quantitative estimate of drug-likeness (QED) is 0.924. The topological polar surface area (TPSA) is 29.3 Å². The molecule has 88 valence electrons. The maximum Gasteiger partial charge on any atom is 0.0699 e. The average Bonchev–Trinajstić information content (AvgIpc) is 2.75. The Labute approximate surface area is 106 Å². The first-order valence-electron chi connectivity index (χ1n) is 5.86. The summed E-state index contributed by atoms with van der Waals surface area (Å²) in [5.41, 5.74) is 7.51. The van der Waals surface area contributed by atoms with E-state index in [9.17, 15) is 0 Å². The molecule has 16 heavy (non-hydrogen) atoms. The summed E-state index contributed by atoms with van der Waals surface area (Å²) in [5.74, 6) is 0. The molecule has 1 heterocycles. The molecule has 0 radical (unpaired) electrons. The van der Waals surface area contributed by atoms with Crippen LogP contribution in [0.5, 0.6) is 0 Å². The Morgan fingerprint density at radius 3 is 2.38 bits per heavy atom. The van der Waals surface area contributed by atoms with Crippen LogP contribution in [0.25, 0.3) is 0 Å². The third-order valence-corrected chi connectivity index (χ3v) is 3.83. The summed E-state index contributed by atoms with van der Waals surface area (Å²) in [4.78, 5) is 2.40. The van der Waals surface area contributed by atoms with E-state index in [-0.39, 0.29) is 5.66 Å². The number of nitrogens with two attached hydrogens (primary N) is 1. The summed E-state index contributed by atoms with van der Waals surface area (Å²) in [6.07, 6.45) is 3.49. The van der Waals surface area contributed by atoms with E-state index in [0.29, 0.717) is 0 Å². The van der Waals surface area contributed by atoms with Crippen LogP contribution in [-0.4, -0.2) is 23.7 Å².